The van der Waals surface area contributed by atoms with Crippen LogP contribution in [0.5, 0.6) is 5.75 Å². The van der Waals surface area contributed by atoms with Crippen LogP contribution in [0.1, 0.15) is 49.8 Å². The molecule has 1 amide bonds. The van der Waals surface area contributed by atoms with E-state index in [1.165, 1.54) is 16.5 Å². The highest BCUT2D eigenvalue weighted by atomic mass is 16.3. The van der Waals surface area contributed by atoms with Gasteiger partial charge in [-0.1, -0.05) is 62.8 Å². The standard InChI is InChI=1S/C35H40N2O7/c1-6-17(2)13-18(3)14-19-7-9-20(10-8-19)22-11-12-25(38)27-23(22)15-21-16-24-29(37(4)5)31(40)28(34(36)43)33(42)35(24,44)32(41)26(21)30(27)39/h7-12,17,21,24,29,38-39,42,44H,3,6,13-16H2,1-2,4-5H3,(H2,36,43)/t17?,21-,24-,29?,35+/m0/s1. The molecule has 0 aromatic heterocycles. The smallest absolute Gasteiger partial charge is 0.255 e. The highest BCUT2D eigenvalue weighted by molar-refractivity contribution is 6.24. The number of aliphatic hydroxyl groups is 3. The van der Waals surface area contributed by atoms with Crippen molar-refractivity contribution in [2.24, 2.45) is 23.5 Å². The maximum absolute atomic E-state index is 14.0. The number of aromatic hydroxyl groups is 1. The molecule has 0 saturated heterocycles. The second-order valence-electron chi connectivity index (χ2n) is 12.8. The van der Waals surface area contributed by atoms with Crippen LogP contribution < -0.4 is 5.73 Å². The van der Waals surface area contributed by atoms with Gasteiger partial charge in [0.05, 0.1) is 11.6 Å². The van der Waals surface area contributed by atoms with Crippen LogP contribution >= 0.6 is 0 Å². The van der Waals surface area contributed by atoms with E-state index < -0.39 is 58.0 Å². The number of phenolic OH excluding ortho intramolecular Hbond substituents is 1. The summed E-state index contributed by atoms with van der Waals surface area (Å²) in [6.45, 7) is 8.62. The molecule has 0 aliphatic heterocycles. The third kappa shape index (κ3) is 4.84. The number of allylic oxidation sites excluding steroid dienone is 1. The zero-order chi connectivity index (χ0) is 32.2. The molecule has 0 heterocycles. The molecule has 44 heavy (non-hydrogen) atoms. The Bertz CT molecular complexity index is 1630. The van der Waals surface area contributed by atoms with Crippen LogP contribution in [0.3, 0.4) is 0 Å². The number of hydrogen-bond acceptors (Lipinski definition) is 8. The maximum atomic E-state index is 14.0. The van der Waals surface area contributed by atoms with Crippen LogP contribution in [0, 0.1) is 17.8 Å². The zero-order valence-electron chi connectivity index (χ0n) is 25.6. The molecule has 232 valence electrons. The van der Waals surface area contributed by atoms with Gasteiger partial charge in [-0.05, 0) is 79.9 Å². The molecular formula is C35H40N2O7. The molecule has 1 fully saturated rings. The number of ketones is 2. The van der Waals surface area contributed by atoms with E-state index in [1.807, 2.05) is 24.3 Å². The van der Waals surface area contributed by atoms with E-state index >= 15 is 0 Å². The molecule has 3 aliphatic rings. The molecule has 0 bridgehead atoms. The Morgan fingerprint density at radius 3 is 2.36 bits per heavy atom. The van der Waals surface area contributed by atoms with Crippen LogP contribution in [0.15, 0.2) is 65.5 Å². The van der Waals surface area contributed by atoms with Gasteiger partial charge in [0.1, 0.15) is 22.8 Å². The Balaban J connectivity index is 1.58. The molecule has 5 rings (SSSR count). The molecular weight excluding hydrogens is 560 g/mol. The minimum atomic E-state index is -2.66. The second kappa shape index (κ2) is 11.4. The van der Waals surface area contributed by atoms with Crippen molar-refractivity contribution < 1.29 is 34.8 Å². The average Bonchev–Trinajstić information content (AvgIpc) is 2.95. The number of rotatable bonds is 8. The lowest BCUT2D eigenvalue weighted by Gasteiger charge is -2.50. The third-order valence-corrected chi connectivity index (χ3v) is 9.66. The SMILES string of the molecule is C=C(Cc1ccc(-c2ccc(O)c3c2C[C@H]2C[C@H]4C(N(C)C)C(=O)C(C(N)=O)=C(O)[C@]4(O)C(=O)C2=C3O)cc1)CC(C)CC. The number of Topliss-reactive ketones (excluding diaryl/α,β-unsaturated/α-hetero) is 2. The summed E-state index contributed by atoms with van der Waals surface area (Å²) in [6, 6.07) is 10.1. The number of carbonyl (C=O) groups is 3. The van der Waals surface area contributed by atoms with E-state index in [0.29, 0.717) is 11.5 Å². The fraction of sp³-hybridized carbons (Fsp3) is 0.400. The summed E-state index contributed by atoms with van der Waals surface area (Å²) in [4.78, 5) is 41.0. The number of benzene rings is 2. The van der Waals surface area contributed by atoms with E-state index in [2.05, 4.69) is 20.4 Å². The quantitative estimate of drug-likeness (QED) is 0.223. The lowest BCUT2D eigenvalue weighted by atomic mass is 9.57. The summed E-state index contributed by atoms with van der Waals surface area (Å²) >= 11 is 0. The van der Waals surface area contributed by atoms with Gasteiger partial charge in [-0.15, -0.1) is 0 Å². The Morgan fingerprint density at radius 1 is 1.11 bits per heavy atom. The van der Waals surface area contributed by atoms with E-state index in [0.717, 1.165) is 36.0 Å². The minimum absolute atomic E-state index is 0.0398. The summed E-state index contributed by atoms with van der Waals surface area (Å²) in [5, 5.41) is 45.2. The molecule has 2 aromatic rings. The van der Waals surface area contributed by atoms with Crippen LogP contribution in [0.25, 0.3) is 16.9 Å². The molecule has 2 aromatic carbocycles. The molecule has 2 unspecified atom stereocenters. The zero-order valence-corrected chi connectivity index (χ0v) is 25.6. The first kappa shape index (κ1) is 31.2. The Kier molecular flexibility index (Phi) is 8.07. The first-order valence-corrected chi connectivity index (χ1v) is 15.0. The molecule has 0 radical (unpaired) electrons. The Labute approximate surface area is 257 Å². The molecule has 9 heteroatoms. The molecule has 0 spiro atoms. The van der Waals surface area contributed by atoms with Gasteiger partial charge in [0.15, 0.2) is 11.4 Å². The highest BCUT2D eigenvalue weighted by Crippen LogP contribution is 2.53. The number of primary amides is 1. The van der Waals surface area contributed by atoms with E-state index in [-0.39, 0.29) is 29.7 Å². The first-order valence-electron chi connectivity index (χ1n) is 15.0. The van der Waals surface area contributed by atoms with Crippen molar-refractivity contribution in [2.75, 3.05) is 14.1 Å². The van der Waals surface area contributed by atoms with Crippen molar-refractivity contribution in [3.63, 3.8) is 0 Å². The van der Waals surface area contributed by atoms with E-state index in [4.69, 9.17) is 5.73 Å². The normalized spacial score (nSPS) is 25.5. The predicted octanol–water partition coefficient (Wildman–Crippen LogP) is 4.17. The predicted molar refractivity (Wildman–Crippen MR) is 167 cm³/mol. The molecule has 6 N–H and O–H groups in total. The fourth-order valence-electron chi connectivity index (χ4n) is 7.31. The molecule has 1 saturated carbocycles. The number of carbonyl (C=O) groups excluding carboxylic acids is 3. The lowest BCUT2D eigenvalue weighted by Crippen LogP contribution is -2.65. The topological polar surface area (TPSA) is 161 Å². The lowest BCUT2D eigenvalue weighted by molar-refractivity contribution is -0.153. The number of likely N-dealkylation sites (N-methyl/N-ethyl adjacent to an activating group) is 1. The Morgan fingerprint density at radius 2 is 1.77 bits per heavy atom. The van der Waals surface area contributed by atoms with Gasteiger partial charge < -0.3 is 26.2 Å². The Hall–Kier alpha value is -4.21. The van der Waals surface area contributed by atoms with Gasteiger partial charge in [0.2, 0.25) is 5.78 Å². The minimum Gasteiger partial charge on any atom is -0.508 e. The number of phenols is 1. The second-order valence-corrected chi connectivity index (χ2v) is 12.8. The summed E-state index contributed by atoms with van der Waals surface area (Å²) in [7, 11) is 3.15. The largest absolute Gasteiger partial charge is 0.508 e. The summed E-state index contributed by atoms with van der Waals surface area (Å²) in [5.74, 6) is -6.09. The van der Waals surface area contributed by atoms with Crippen molar-refractivity contribution in [3.8, 4) is 16.9 Å². The monoisotopic (exact) mass is 600 g/mol. The number of nitrogens with two attached hydrogens (primary N) is 1. The number of amides is 1. The van der Waals surface area contributed by atoms with Gasteiger partial charge in [-0.3, -0.25) is 19.3 Å². The van der Waals surface area contributed by atoms with Gasteiger partial charge in [0.25, 0.3) is 5.91 Å². The number of hydrogen-bond donors (Lipinski definition) is 5. The van der Waals surface area contributed by atoms with Crippen LogP contribution in [-0.4, -0.2) is 68.5 Å². The van der Waals surface area contributed by atoms with Crippen LogP contribution in [0.2, 0.25) is 0 Å². The highest BCUT2D eigenvalue weighted by Gasteiger charge is 2.64. The first-order chi connectivity index (χ1) is 20.7. The third-order valence-electron chi connectivity index (χ3n) is 9.66. The van der Waals surface area contributed by atoms with Gasteiger partial charge in [0, 0.05) is 11.5 Å². The average molecular weight is 601 g/mol. The molecule has 9 nitrogen and oxygen atoms in total. The van der Waals surface area contributed by atoms with Crippen molar-refractivity contribution in [3.05, 3.63) is 82.1 Å². The summed E-state index contributed by atoms with van der Waals surface area (Å²) in [5.41, 5.74) is 6.35. The fourth-order valence-corrected chi connectivity index (χ4v) is 7.31. The van der Waals surface area contributed by atoms with Crippen LogP contribution in [-0.2, 0) is 27.2 Å². The van der Waals surface area contributed by atoms with Crippen molar-refractivity contribution in [2.45, 2.75) is 57.6 Å². The number of fused-ring (bicyclic) bond motifs is 3. The molecule has 5 atom stereocenters. The van der Waals surface area contributed by atoms with Crippen LogP contribution in [0.4, 0.5) is 0 Å². The number of aliphatic hydroxyl groups excluding tert-OH is 2. The maximum Gasteiger partial charge on any atom is 0.255 e. The number of nitrogens with zero attached hydrogens (tertiary/aromatic N) is 1. The van der Waals surface area contributed by atoms with Crippen molar-refractivity contribution >= 4 is 23.2 Å². The molecule has 3 aliphatic carbocycles. The van der Waals surface area contributed by atoms with Crippen molar-refractivity contribution in [1.29, 1.82) is 0 Å². The van der Waals surface area contributed by atoms with Gasteiger partial charge >= 0.3 is 0 Å². The van der Waals surface area contributed by atoms with Crippen molar-refractivity contribution in [1.82, 2.24) is 4.90 Å². The van der Waals surface area contributed by atoms with Gasteiger partial charge in [-0.25, -0.2) is 0 Å². The summed E-state index contributed by atoms with van der Waals surface area (Å²) < 4.78 is 0. The summed E-state index contributed by atoms with van der Waals surface area (Å²) in [6.07, 6.45) is 3.09. The van der Waals surface area contributed by atoms with Gasteiger partial charge in [-0.2, -0.15) is 0 Å². The van der Waals surface area contributed by atoms with E-state index in [1.54, 1.807) is 20.2 Å². The van der Waals surface area contributed by atoms with E-state index in [9.17, 15) is 34.8 Å².